The molecule has 0 radical (unpaired) electrons. The normalized spacial score (nSPS) is 16.9. The first-order valence-corrected chi connectivity index (χ1v) is 10.5. The Kier molecular flexibility index (Phi) is 13.7. The lowest BCUT2D eigenvalue weighted by molar-refractivity contribution is 0.0893. The van der Waals surface area contributed by atoms with Crippen molar-refractivity contribution in [2.45, 2.75) is 26.2 Å². The number of hydrogen-bond acceptors (Lipinski definition) is 3. The van der Waals surface area contributed by atoms with Gasteiger partial charge in [-0.2, -0.15) is 0 Å². The molecule has 1 aromatic carbocycles. The van der Waals surface area contributed by atoms with Crippen molar-refractivity contribution in [3.8, 4) is 0 Å². The first-order valence-electron chi connectivity index (χ1n) is 9.30. The zero-order chi connectivity index (χ0) is 18.6. The highest BCUT2D eigenvalue weighted by molar-refractivity contribution is 14.0. The van der Waals surface area contributed by atoms with Gasteiger partial charge in [-0.3, -0.25) is 4.99 Å². The first kappa shape index (κ1) is 24.9. The van der Waals surface area contributed by atoms with Crippen LogP contribution in [0.3, 0.4) is 0 Å². The third-order valence-corrected chi connectivity index (χ3v) is 5.14. The molecule has 1 unspecified atom stereocenters. The number of guanidine groups is 1. The molecule has 0 amide bonds. The van der Waals surface area contributed by atoms with Crippen LogP contribution in [0.4, 0.5) is 0 Å². The molecule has 1 heterocycles. The summed E-state index contributed by atoms with van der Waals surface area (Å²) in [7, 11) is 0. The summed E-state index contributed by atoms with van der Waals surface area (Å²) in [6.45, 7) is 7.71. The molecule has 8 heteroatoms. The van der Waals surface area contributed by atoms with Gasteiger partial charge in [0.1, 0.15) is 0 Å². The minimum absolute atomic E-state index is 0. The Bertz CT molecular complexity index is 572. The number of nitrogens with zero attached hydrogens (tertiary/aromatic N) is 1. The SMILES string of the molecule is CCNC(=NCCCOCC1CCOC1)NCCc1cc(Cl)ccc1Br.I. The summed E-state index contributed by atoms with van der Waals surface area (Å²) in [4.78, 5) is 4.61. The molecule has 154 valence electrons. The second kappa shape index (κ2) is 14.8. The van der Waals surface area contributed by atoms with E-state index in [0.717, 1.165) is 80.8 Å². The van der Waals surface area contributed by atoms with E-state index in [-0.39, 0.29) is 24.0 Å². The van der Waals surface area contributed by atoms with Crippen molar-refractivity contribution >= 4 is 57.5 Å². The van der Waals surface area contributed by atoms with E-state index in [9.17, 15) is 0 Å². The molecule has 0 saturated carbocycles. The standard InChI is InChI=1S/C19H29BrClN3O2.HI/c1-2-22-19(23-8-3-10-25-13-15-7-11-26-14-15)24-9-6-16-12-17(21)4-5-18(16)20;/h4-5,12,15H,2-3,6-11,13-14H2,1H3,(H2,22,23,24);1H. The maximum Gasteiger partial charge on any atom is 0.191 e. The second-order valence-electron chi connectivity index (χ2n) is 6.33. The van der Waals surface area contributed by atoms with Crippen LogP contribution in [0.1, 0.15) is 25.3 Å². The fourth-order valence-corrected chi connectivity index (χ4v) is 3.35. The van der Waals surface area contributed by atoms with Gasteiger partial charge in [0.2, 0.25) is 0 Å². The van der Waals surface area contributed by atoms with E-state index >= 15 is 0 Å². The largest absolute Gasteiger partial charge is 0.381 e. The highest BCUT2D eigenvalue weighted by Crippen LogP contribution is 2.21. The molecule has 0 aromatic heterocycles. The second-order valence-corrected chi connectivity index (χ2v) is 7.62. The maximum atomic E-state index is 6.06. The van der Waals surface area contributed by atoms with Crippen LogP contribution < -0.4 is 10.6 Å². The minimum atomic E-state index is 0. The van der Waals surface area contributed by atoms with Crippen LogP contribution in [0, 0.1) is 5.92 Å². The van der Waals surface area contributed by atoms with E-state index in [0.29, 0.717) is 5.92 Å². The van der Waals surface area contributed by atoms with Gasteiger partial charge in [-0.25, -0.2) is 0 Å². The third-order valence-electron chi connectivity index (χ3n) is 4.13. The highest BCUT2D eigenvalue weighted by atomic mass is 127. The zero-order valence-electron chi connectivity index (χ0n) is 15.8. The summed E-state index contributed by atoms with van der Waals surface area (Å²) in [5, 5.41) is 7.40. The quantitative estimate of drug-likeness (QED) is 0.190. The Hall–Kier alpha value is -0.0900. The van der Waals surface area contributed by atoms with Crippen molar-refractivity contribution in [1.82, 2.24) is 10.6 Å². The average Bonchev–Trinajstić information content (AvgIpc) is 3.14. The van der Waals surface area contributed by atoms with Crippen molar-refractivity contribution < 1.29 is 9.47 Å². The number of ether oxygens (including phenoxy) is 2. The van der Waals surface area contributed by atoms with Gasteiger partial charge in [0.25, 0.3) is 0 Å². The molecular weight excluding hydrogens is 544 g/mol. The van der Waals surface area contributed by atoms with E-state index < -0.39 is 0 Å². The molecule has 2 rings (SSSR count). The van der Waals surface area contributed by atoms with Gasteiger partial charge in [0.05, 0.1) is 13.2 Å². The van der Waals surface area contributed by atoms with E-state index in [4.69, 9.17) is 21.1 Å². The molecule has 2 N–H and O–H groups in total. The van der Waals surface area contributed by atoms with Gasteiger partial charge in [-0.1, -0.05) is 27.5 Å². The lowest BCUT2D eigenvalue weighted by Gasteiger charge is -2.12. The van der Waals surface area contributed by atoms with E-state index in [1.165, 1.54) is 5.56 Å². The van der Waals surface area contributed by atoms with Crippen molar-refractivity contribution in [3.63, 3.8) is 0 Å². The van der Waals surface area contributed by atoms with Gasteiger partial charge in [0.15, 0.2) is 5.96 Å². The number of aliphatic imine (C=N–C) groups is 1. The highest BCUT2D eigenvalue weighted by Gasteiger charge is 2.15. The van der Waals surface area contributed by atoms with Crippen LogP contribution in [0.2, 0.25) is 5.02 Å². The monoisotopic (exact) mass is 573 g/mol. The topological polar surface area (TPSA) is 54.9 Å². The molecular formula is C19H30BrClIN3O2. The summed E-state index contributed by atoms with van der Waals surface area (Å²) in [5.41, 5.74) is 1.19. The number of nitrogens with one attached hydrogen (secondary N) is 2. The molecule has 1 saturated heterocycles. The van der Waals surface area contributed by atoms with Crippen molar-refractivity contribution in [2.75, 3.05) is 46.1 Å². The van der Waals surface area contributed by atoms with Gasteiger partial charge >= 0.3 is 0 Å². The Labute approximate surface area is 193 Å². The lowest BCUT2D eigenvalue weighted by Crippen LogP contribution is -2.38. The summed E-state index contributed by atoms with van der Waals surface area (Å²) in [6, 6.07) is 5.86. The number of rotatable bonds is 10. The Morgan fingerprint density at radius 1 is 1.41 bits per heavy atom. The van der Waals surface area contributed by atoms with Crippen molar-refractivity contribution in [3.05, 3.63) is 33.3 Å². The van der Waals surface area contributed by atoms with Gasteiger partial charge in [0, 0.05) is 48.3 Å². The van der Waals surface area contributed by atoms with Gasteiger partial charge in [-0.05, 0) is 49.9 Å². The zero-order valence-corrected chi connectivity index (χ0v) is 20.5. The van der Waals surface area contributed by atoms with E-state index in [1.807, 2.05) is 18.2 Å². The fraction of sp³-hybridized carbons (Fsp3) is 0.632. The maximum absolute atomic E-state index is 6.06. The van der Waals surface area contributed by atoms with Gasteiger partial charge in [-0.15, -0.1) is 24.0 Å². The molecule has 0 spiro atoms. The van der Waals surface area contributed by atoms with Crippen molar-refractivity contribution in [1.29, 1.82) is 0 Å². The molecule has 1 fully saturated rings. The lowest BCUT2D eigenvalue weighted by atomic mass is 10.1. The molecule has 1 aliphatic rings. The summed E-state index contributed by atoms with van der Waals surface area (Å²) in [6.07, 6.45) is 2.91. The molecule has 0 bridgehead atoms. The van der Waals surface area contributed by atoms with E-state index in [2.05, 4.69) is 38.5 Å². The fourth-order valence-electron chi connectivity index (χ4n) is 2.71. The van der Waals surface area contributed by atoms with Crippen LogP contribution >= 0.6 is 51.5 Å². The van der Waals surface area contributed by atoms with Crippen LogP contribution in [0.5, 0.6) is 0 Å². The smallest absolute Gasteiger partial charge is 0.191 e. The Balaban J connectivity index is 0.00000364. The summed E-state index contributed by atoms with van der Waals surface area (Å²) >= 11 is 9.63. The van der Waals surface area contributed by atoms with Crippen LogP contribution in [0.25, 0.3) is 0 Å². The third kappa shape index (κ3) is 10.3. The van der Waals surface area contributed by atoms with E-state index in [1.54, 1.807) is 0 Å². The predicted molar refractivity (Wildman–Crippen MR) is 127 cm³/mol. The average molecular weight is 575 g/mol. The molecule has 1 atom stereocenters. The number of benzene rings is 1. The van der Waals surface area contributed by atoms with Crippen LogP contribution in [-0.4, -0.2) is 52.0 Å². The van der Waals surface area contributed by atoms with Crippen molar-refractivity contribution in [2.24, 2.45) is 10.9 Å². The van der Waals surface area contributed by atoms with Crippen LogP contribution in [-0.2, 0) is 15.9 Å². The Morgan fingerprint density at radius 3 is 3.00 bits per heavy atom. The summed E-state index contributed by atoms with van der Waals surface area (Å²) < 4.78 is 12.1. The molecule has 1 aliphatic heterocycles. The molecule has 1 aromatic rings. The molecule has 0 aliphatic carbocycles. The molecule has 27 heavy (non-hydrogen) atoms. The number of hydrogen-bond donors (Lipinski definition) is 2. The van der Waals surface area contributed by atoms with Gasteiger partial charge < -0.3 is 20.1 Å². The Morgan fingerprint density at radius 2 is 2.26 bits per heavy atom. The number of halogens is 3. The first-order chi connectivity index (χ1) is 12.7. The summed E-state index contributed by atoms with van der Waals surface area (Å²) in [5.74, 6) is 1.41. The predicted octanol–water partition coefficient (Wildman–Crippen LogP) is 4.26. The minimum Gasteiger partial charge on any atom is -0.381 e. The molecule has 5 nitrogen and oxygen atoms in total. The van der Waals surface area contributed by atoms with Crippen LogP contribution in [0.15, 0.2) is 27.7 Å².